The molecule has 10 heteroatoms. The van der Waals surface area contributed by atoms with Crippen LogP contribution in [0.25, 0.3) is 10.8 Å². The van der Waals surface area contributed by atoms with E-state index in [2.05, 4.69) is 22.1 Å². The van der Waals surface area contributed by atoms with Crippen molar-refractivity contribution < 1.29 is 13.2 Å². The van der Waals surface area contributed by atoms with E-state index in [9.17, 15) is 13.2 Å². The van der Waals surface area contributed by atoms with Gasteiger partial charge in [-0.05, 0) is 29.3 Å². The number of rotatable bonds is 7. The van der Waals surface area contributed by atoms with Crippen molar-refractivity contribution in [1.29, 1.82) is 0 Å². The van der Waals surface area contributed by atoms with Gasteiger partial charge in [-0.3, -0.25) is 9.89 Å². The van der Waals surface area contributed by atoms with E-state index in [0.717, 1.165) is 29.4 Å². The normalized spacial score (nSPS) is 15.5. The Morgan fingerprint density at radius 3 is 2.58 bits per heavy atom. The van der Waals surface area contributed by atoms with E-state index in [1.807, 2.05) is 30.3 Å². The highest BCUT2D eigenvalue weighted by Crippen LogP contribution is 2.23. The number of H-pyrrole nitrogens is 1. The van der Waals surface area contributed by atoms with Crippen LogP contribution in [0, 0.1) is 0 Å². The Kier molecular flexibility index (Phi) is 6.59. The second-order valence-corrected chi connectivity index (χ2v) is 10.3. The molecule has 1 saturated heterocycles. The zero-order valence-electron chi connectivity index (χ0n) is 17.3. The summed E-state index contributed by atoms with van der Waals surface area (Å²) in [7, 11) is -3.59. The molecule has 1 aliphatic heterocycles. The van der Waals surface area contributed by atoms with Crippen molar-refractivity contribution in [1.82, 2.24) is 24.4 Å². The molecule has 0 atom stereocenters. The van der Waals surface area contributed by atoms with E-state index in [-0.39, 0.29) is 29.6 Å². The Labute approximate surface area is 186 Å². The number of thioether (sulfide) groups is 1. The number of piperazine rings is 1. The minimum Gasteiger partial charge on any atom is -0.339 e. The highest BCUT2D eigenvalue weighted by molar-refractivity contribution is 7.99. The van der Waals surface area contributed by atoms with Gasteiger partial charge in [-0.25, -0.2) is 13.4 Å². The first kappa shape index (κ1) is 21.8. The molecule has 0 radical (unpaired) electrons. The summed E-state index contributed by atoms with van der Waals surface area (Å²) < 4.78 is 27.6. The number of sulfonamides is 1. The first-order valence-electron chi connectivity index (χ1n) is 10.3. The van der Waals surface area contributed by atoms with Gasteiger partial charge >= 0.3 is 0 Å². The number of nitrogens with one attached hydrogen (secondary N) is 1. The van der Waals surface area contributed by atoms with Gasteiger partial charge in [0.25, 0.3) is 0 Å². The summed E-state index contributed by atoms with van der Waals surface area (Å²) >= 11 is 1.30. The lowest BCUT2D eigenvalue weighted by Gasteiger charge is -2.34. The van der Waals surface area contributed by atoms with Crippen molar-refractivity contribution in [2.24, 2.45) is 0 Å². The standard InChI is InChI=1S/C21H25N5O3S2/c1-2-5-19-22-21(24-23-19)30-15-20(27)25-10-12-26(13-11-25)31(28,29)18-9-8-16-6-3-4-7-17(16)14-18/h3-4,6-9,14H,2,5,10-13,15H2,1H3,(H,22,23,24). The zero-order chi connectivity index (χ0) is 21.8. The monoisotopic (exact) mass is 459 g/mol. The lowest BCUT2D eigenvalue weighted by Crippen LogP contribution is -2.50. The molecule has 1 aromatic heterocycles. The number of nitrogens with zero attached hydrogens (tertiary/aromatic N) is 4. The third kappa shape index (κ3) is 4.91. The smallest absolute Gasteiger partial charge is 0.243 e. The van der Waals surface area contributed by atoms with Crippen molar-refractivity contribution in [3.05, 3.63) is 48.3 Å². The Morgan fingerprint density at radius 1 is 1.10 bits per heavy atom. The van der Waals surface area contributed by atoms with Gasteiger partial charge in [0.2, 0.25) is 21.1 Å². The molecule has 4 rings (SSSR count). The fourth-order valence-corrected chi connectivity index (χ4v) is 5.74. The number of fused-ring (bicyclic) bond motifs is 1. The molecule has 1 N–H and O–H groups in total. The Bertz CT molecular complexity index is 1170. The predicted octanol–water partition coefficient (Wildman–Crippen LogP) is 2.54. The topological polar surface area (TPSA) is 99.3 Å². The van der Waals surface area contributed by atoms with Crippen LogP contribution in [-0.4, -0.2) is 70.6 Å². The summed E-state index contributed by atoms with van der Waals surface area (Å²) in [4.78, 5) is 18.9. The quantitative estimate of drug-likeness (QED) is 0.545. The third-order valence-corrected chi connectivity index (χ3v) is 8.00. The largest absolute Gasteiger partial charge is 0.339 e. The van der Waals surface area contributed by atoms with Crippen molar-refractivity contribution in [3.63, 3.8) is 0 Å². The number of hydrogen-bond donors (Lipinski definition) is 1. The fourth-order valence-electron chi connectivity index (χ4n) is 3.56. The summed E-state index contributed by atoms with van der Waals surface area (Å²) in [6, 6.07) is 12.9. The highest BCUT2D eigenvalue weighted by atomic mass is 32.2. The summed E-state index contributed by atoms with van der Waals surface area (Å²) in [6.45, 7) is 3.39. The molecule has 0 aliphatic carbocycles. The summed E-state index contributed by atoms with van der Waals surface area (Å²) in [5, 5.41) is 9.46. The third-order valence-electron chi connectivity index (χ3n) is 5.27. The molecule has 1 fully saturated rings. The minimum atomic E-state index is -3.59. The molecular weight excluding hydrogens is 434 g/mol. The molecule has 3 aromatic rings. The van der Waals surface area contributed by atoms with Crippen LogP contribution in [-0.2, 0) is 21.2 Å². The molecule has 164 valence electrons. The van der Waals surface area contributed by atoms with Gasteiger partial charge in [-0.1, -0.05) is 49.0 Å². The summed E-state index contributed by atoms with van der Waals surface area (Å²) in [6.07, 6.45) is 1.81. The number of aryl methyl sites for hydroxylation is 1. The van der Waals surface area contributed by atoms with E-state index in [4.69, 9.17) is 0 Å². The highest BCUT2D eigenvalue weighted by Gasteiger charge is 2.30. The number of carbonyl (C=O) groups is 1. The van der Waals surface area contributed by atoms with E-state index < -0.39 is 10.0 Å². The number of amides is 1. The van der Waals surface area contributed by atoms with Gasteiger partial charge < -0.3 is 4.90 Å². The number of carbonyl (C=O) groups excluding carboxylic acids is 1. The Hall–Kier alpha value is -2.43. The second-order valence-electron chi connectivity index (χ2n) is 7.40. The fraction of sp³-hybridized carbons (Fsp3) is 0.381. The molecule has 2 aromatic carbocycles. The first-order valence-corrected chi connectivity index (χ1v) is 12.7. The molecule has 0 spiro atoms. The van der Waals surface area contributed by atoms with Crippen LogP contribution < -0.4 is 0 Å². The SMILES string of the molecule is CCCc1nc(SCC(=O)N2CCN(S(=O)(=O)c3ccc4ccccc4c3)CC2)n[nH]1. The molecule has 8 nitrogen and oxygen atoms in total. The Morgan fingerprint density at radius 2 is 1.84 bits per heavy atom. The van der Waals surface area contributed by atoms with E-state index in [1.54, 1.807) is 17.0 Å². The average Bonchev–Trinajstić information content (AvgIpc) is 3.25. The van der Waals surface area contributed by atoms with Crippen LogP contribution in [0.4, 0.5) is 0 Å². The van der Waals surface area contributed by atoms with Gasteiger partial charge in [0.15, 0.2) is 0 Å². The number of aromatic amines is 1. The average molecular weight is 460 g/mol. The number of aromatic nitrogens is 3. The maximum Gasteiger partial charge on any atom is 0.243 e. The van der Waals surface area contributed by atoms with Gasteiger partial charge in [0, 0.05) is 32.6 Å². The van der Waals surface area contributed by atoms with E-state index in [1.165, 1.54) is 16.1 Å². The second kappa shape index (κ2) is 9.37. The van der Waals surface area contributed by atoms with Gasteiger partial charge in [0.1, 0.15) is 5.82 Å². The lowest BCUT2D eigenvalue weighted by molar-refractivity contribution is -0.129. The zero-order valence-corrected chi connectivity index (χ0v) is 19.0. The Balaban J connectivity index is 1.34. The summed E-state index contributed by atoms with van der Waals surface area (Å²) in [5.41, 5.74) is 0. The van der Waals surface area contributed by atoms with Gasteiger partial charge in [0.05, 0.1) is 10.6 Å². The van der Waals surface area contributed by atoms with Gasteiger partial charge in [-0.15, -0.1) is 5.10 Å². The van der Waals surface area contributed by atoms with Crippen LogP contribution in [0.2, 0.25) is 0 Å². The molecule has 1 amide bonds. The molecule has 0 saturated carbocycles. The van der Waals surface area contributed by atoms with Crippen LogP contribution >= 0.6 is 11.8 Å². The lowest BCUT2D eigenvalue weighted by atomic mass is 10.1. The maximum atomic E-state index is 13.1. The molecule has 0 unspecified atom stereocenters. The van der Waals surface area contributed by atoms with E-state index >= 15 is 0 Å². The van der Waals surface area contributed by atoms with Crippen LogP contribution in [0.5, 0.6) is 0 Å². The predicted molar refractivity (Wildman–Crippen MR) is 120 cm³/mol. The van der Waals surface area contributed by atoms with E-state index in [0.29, 0.717) is 18.2 Å². The number of benzene rings is 2. The maximum absolute atomic E-state index is 13.1. The first-order chi connectivity index (χ1) is 15.0. The number of hydrogen-bond acceptors (Lipinski definition) is 6. The van der Waals surface area contributed by atoms with Crippen LogP contribution in [0.15, 0.2) is 52.5 Å². The molecule has 31 heavy (non-hydrogen) atoms. The van der Waals surface area contributed by atoms with Crippen molar-refractivity contribution in [2.75, 3.05) is 31.9 Å². The van der Waals surface area contributed by atoms with Crippen molar-refractivity contribution >= 4 is 38.5 Å². The molecular formula is C21H25N5O3S2. The van der Waals surface area contributed by atoms with Crippen molar-refractivity contribution in [3.8, 4) is 0 Å². The summed E-state index contributed by atoms with van der Waals surface area (Å²) in [5.74, 6) is 1.03. The molecule has 1 aliphatic rings. The molecule has 2 heterocycles. The van der Waals surface area contributed by atoms with Crippen LogP contribution in [0.1, 0.15) is 19.2 Å². The molecule has 0 bridgehead atoms. The van der Waals surface area contributed by atoms with Crippen LogP contribution in [0.3, 0.4) is 0 Å². The minimum absolute atomic E-state index is 0.0328. The van der Waals surface area contributed by atoms with Gasteiger partial charge in [-0.2, -0.15) is 4.31 Å². The van der Waals surface area contributed by atoms with Crippen molar-refractivity contribution in [2.45, 2.75) is 29.8 Å².